The van der Waals surface area contributed by atoms with Crippen LogP contribution in [0.1, 0.15) is 18.9 Å². The molecule has 0 fully saturated rings. The molecule has 4 heteroatoms. The third kappa shape index (κ3) is 4.57. The number of benzene rings is 1. The molecule has 0 amide bonds. The summed E-state index contributed by atoms with van der Waals surface area (Å²) in [6.07, 6.45) is 0.707. The molecule has 0 aliphatic carbocycles. The first-order chi connectivity index (χ1) is 7.59. The van der Waals surface area contributed by atoms with Crippen LogP contribution in [-0.4, -0.2) is 26.3 Å². The van der Waals surface area contributed by atoms with Gasteiger partial charge < -0.3 is 5.11 Å². The number of rotatable bonds is 6. The average molecular weight is 240 g/mol. The summed E-state index contributed by atoms with van der Waals surface area (Å²) < 4.78 is 11.7. The summed E-state index contributed by atoms with van der Waals surface area (Å²) >= 11 is 0. The van der Waals surface area contributed by atoms with Gasteiger partial charge in [-0.3, -0.25) is 9.00 Å². The maximum atomic E-state index is 11.7. The molecule has 88 valence electrons. The molecule has 2 atom stereocenters. The van der Waals surface area contributed by atoms with E-state index in [1.807, 2.05) is 30.3 Å². The highest BCUT2D eigenvalue weighted by Gasteiger charge is 2.14. The van der Waals surface area contributed by atoms with Gasteiger partial charge in [-0.2, -0.15) is 0 Å². The fraction of sp³-hybridized carbons (Fsp3) is 0.417. The summed E-state index contributed by atoms with van der Waals surface area (Å²) in [4.78, 5) is 10.5. The van der Waals surface area contributed by atoms with Crippen molar-refractivity contribution in [3.05, 3.63) is 35.9 Å². The first kappa shape index (κ1) is 12.9. The summed E-state index contributed by atoms with van der Waals surface area (Å²) in [5.41, 5.74) is 1.14. The van der Waals surface area contributed by atoms with Gasteiger partial charge in [0.05, 0.1) is 6.42 Å². The van der Waals surface area contributed by atoms with Gasteiger partial charge in [0.2, 0.25) is 0 Å². The van der Waals surface area contributed by atoms with E-state index in [4.69, 9.17) is 5.11 Å². The Labute approximate surface area is 98.0 Å². The van der Waals surface area contributed by atoms with Crippen LogP contribution in [0, 0.1) is 0 Å². The molecule has 0 spiro atoms. The standard InChI is InChI=1S/C12H16O3S/c1-10(9-12(13)14)16(15)8-7-11-5-3-2-4-6-11/h2-6,10H,7-9H2,1H3,(H,13,14). The largest absolute Gasteiger partial charge is 0.481 e. The van der Waals surface area contributed by atoms with Gasteiger partial charge in [-0.15, -0.1) is 0 Å². The van der Waals surface area contributed by atoms with Crippen molar-refractivity contribution < 1.29 is 14.1 Å². The van der Waals surface area contributed by atoms with Gasteiger partial charge in [0.1, 0.15) is 0 Å². The number of hydrogen-bond acceptors (Lipinski definition) is 2. The van der Waals surface area contributed by atoms with Gasteiger partial charge in [-0.05, 0) is 12.0 Å². The lowest BCUT2D eigenvalue weighted by Gasteiger charge is -2.08. The number of carboxylic acids is 1. The first-order valence-electron chi connectivity index (χ1n) is 5.22. The fourth-order valence-corrected chi connectivity index (χ4v) is 2.57. The molecule has 0 aliphatic heterocycles. The van der Waals surface area contributed by atoms with E-state index in [-0.39, 0.29) is 11.7 Å². The van der Waals surface area contributed by atoms with Gasteiger partial charge >= 0.3 is 5.97 Å². The number of aliphatic carboxylic acids is 1. The van der Waals surface area contributed by atoms with Gasteiger partial charge in [0.15, 0.2) is 0 Å². The third-order valence-electron chi connectivity index (χ3n) is 2.35. The van der Waals surface area contributed by atoms with Gasteiger partial charge in [-0.25, -0.2) is 0 Å². The highest BCUT2D eigenvalue weighted by molar-refractivity contribution is 7.85. The maximum Gasteiger partial charge on any atom is 0.304 e. The van der Waals surface area contributed by atoms with Crippen molar-refractivity contribution in [3.8, 4) is 0 Å². The molecule has 3 nitrogen and oxygen atoms in total. The van der Waals surface area contributed by atoms with E-state index < -0.39 is 16.8 Å². The van der Waals surface area contributed by atoms with Crippen molar-refractivity contribution in [1.29, 1.82) is 0 Å². The second-order valence-electron chi connectivity index (χ2n) is 3.73. The van der Waals surface area contributed by atoms with Crippen LogP contribution in [0.15, 0.2) is 30.3 Å². The number of carbonyl (C=O) groups is 1. The Morgan fingerprint density at radius 3 is 2.56 bits per heavy atom. The minimum absolute atomic E-state index is 0.0264. The predicted octanol–water partition coefficient (Wildman–Crippen LogP) is 1.84. The zero-order valence-electron chi connectivity index (χ0n) is 9.26. The van der Waals surface area contributed by atoms with Crippen LogP contribution in [0.25, 0.3) is 0 Å². The molecule has 0 bridgehead atoms. The Morgan fingerprint density at radius 2 is 2.00 bits per heavy atom. The molecule has 2 unspecified atom stereocenters. The molecule has 1 aromatic carbocycles. The number of hydrogen-bond donors (Lipinski definition) is 1. The van der Waals surface area contributed by atoms with Crippen molar-refractivity contribution in [2.24, 2.45) is 0 Å². The van der Waals surface area contributed by atoms with Gasteiger partial charge in [-0.1, -0.05) is 37.3 Å². The molecular weight excluding hydrogens is 224 g/mol. The second kappa shape index (κ2) is 6.43. The van der Waals surface area contributed by atoms with E-state index in [0.717, 1.165) is 12.0 Å². The van der Waals surface area contributed by atoms with Crippen LogP contribution in [0.4, 0.5) is 0 Å². The Hall–Kier alpha value is -1.16. The van der Waals surface area contributed by atoms with Crippen LogP contribution in [0.5, 0.6) is 0 Å². The van der Waals surface area contributed by atoms with Crippen LogP contribution in [-0.2, 0) is 22.0 Å². The highest BCUT2D eigenvalue weighted by atomic mass is 32.2. The maximum absolute atomic E-state index is 11.7. The Bertz CT molecular complexity index is 362. The summed E-state index contributed by atoms with van der Waals surface area (Å²) in [5, 5.41) is 8.31. The van der Waals surface area contributed by atoms with Crippen molar-refractivity contribution in [3.63, 3.8) is 0 Å². The van der Waals surface area contributed by atoms with Crippen LogP contribution in [0.3, 0.4) is 0 Å². The zero-order chi connectivity index (χ0) is 12.0. The molecule has 1 rings (SSSR count). The average Bonchev–Trinajstić information content (AvgIpc) is 2.26. The molecule has 1 aromatic rings. The van der Waals surface area contributed by atoms with E-state index in [1.165, 1.54) is 0 Å². The van der Waals surface area contributed by atoms with E-state index in [1.54, 1.807) is 6.92 Å². The van der Waals surface area contributed by atoms with Crippen LogP contribution < -0.4 is 0 Å². The lowest BCUT2D eigenvalue weighted by molar-refractivity contribution is -0.136. The monoisotopic (exact) mass is 240 g/mol. The topological polar surface area (TPSA) is 54.4 Å². The summed E-state index contributed by atoms with van der Waals surface area (Å²) in [6.45, 7) is 1.72. The predicted molar refractivity (Wildman–Crippen MR) is 64.9 cm³/mol. The smallest absolute Gasteiger partial charge is 0.304 e. The summed E-state index contributed by atoms with van der Waals surface area (Å²) in [7, 11) is -1.07. The van der Waals surface area contributed by atoms with Crippen molar-refractivity contribution in [1.82, 2.24) is 0 Å². The van der Waals surface area contributed by atoms with Crippen molar-refractivity contribution in [2.45, 2.75) is 25.0 Å². The Balaban J connectivity index is 2.38. The molecule has 0 aliphatic rings. The number of carboxylic acid groups (broad SMARTS) is 1. The first-order valence-corrected chi connectivity index (χ1v) is 6.60. The molecular formula is C12H16O3S. The summed E-state index contributed by atoms with van der Waals surface area (Å²) in [6, 6.07) is 9.80. The lowest BCUT2D eigenvalue weighted by atomic mass is 10.2. The minimum atomic E-state index is -1.07. The SMILES string of the molecule is CC(CC(=O)O)S(=O)CCc1ccccc1. The molecule has 0 aromatic heterocycles. The number of aryl methyl sites for hydroxylation is 1. The molecule has 0 saturated heterocycles. The van der Waals surface area contributed by atoms with Gasteiger partial charge in [0, 0.05) is 21.8 Å². The second-order valence-corrected chi connectivity index (χ2v) is 5.70. The van der Waals surface area contributed by atoms with Crippen molar-refractivity contribution >= 4 is 16.8 Å². The van der Waals surface area contributed by atoms with E-state index >= 15 is 0 Å². The zero-order valence-corrected chi connectivity index (χ0v) is 10.1. The fourth-order valence-electron chi connectivity index (χ4n) is 1.40. The molecule has 0 heterocycles. The van der Waals surface area contributed by atoms with Crippen LogP contribution >= 0.6 is 0 Å². The van der Waals surface area contributed by atoms with Crippen LogP contribution in [0.2, 0.25) is 0 Å². The Morgan fingerprint density at radius 1 is 1.38 bits per heavy atom. The molecule has 1 N–H and O–H groups in total. The van der Waals surface area contributed by atoms with Gasteiger partial charge in [0.25, 0.3) is 0 Å². The molecule has 16 heavy (non-hydrogen) atoms. The van der Waals surface area contributed by atoms with Crippen molar-refractivity contribution in [2.75, 3.05) is 5.75 Å². The highest BCUT2D eigenvalue weighted by Crippen LogP contribution is 2.06. The van der Waals surface area contributed by atoms with E-state index in [2.05, 4.69) is 0 Å². The minimum Gasteiger partial charge on any atom is -0.481 e. The Kier molecular flexibility index (Phi) is 5.19. The third-order valence-corrected chi connectivity index (χ3v) is 4.02. The lowest BCUT2D eigenvalue weighted by Crippen LogP contribution is -2.18. The normalized spacial score (nSPS) is 14.3. The quantitative estimate of drug-likeness (QED) is 0.825. The molecule has 0 radical (unpaired) electrons. The van der Waals surface area contributed by atoms with E-state index in [9.17, 15) is 9.00 Å². The summed E-state index contributed by atoms with van der Waals surface area (Å²) in [5.74, 6) is -0.362. The molecule has 0 saturated carbocycles. The van der Waals surface area contributed by atoms with E-state index in [0.29, 0.717) is 5.75 Å².